The van der Waals surface area contributed by atoms with E-state index in [1.165, 1.54) is 0 Å². The van der Waals surface area contributed by atoms with Gasteiger partial charge in [-0.25, -0.2) is 0 Å². The van der Waals surface area contributed by atoms with Crippen molar-refractivity contribution in [2.24, 2.45) is 5.92 Å². The standard InChI is InChI=1S/C9H18O2/c1-3-7-8(10)5-6-11-9(7)4-2/h7-10H,3-6H2,1-2H3/t7-,8+,9+/m0/s1. The minimum absolute atomic E-state index is 0.126. The van der Waals surface area contributed by atoms with E-state index < -0.39 is 0 Å². The Morgan fingerprint density at radius 1 is 1.36 bits per heavy atom. The fourth-order valence-corrected chi connectivity index (χ4v) is 1.88. The lowest BCUT2D eigenvalue weighted by Gasteiger charge is -2.34. The van der Waals surface area contributed by atoms with Gasteiger partial charge in [0.05, 0.1) is 12.2 Å². The van der Waals surface area contributed by atoms with Gasteiger partial charge in [0.15, 0.2) is 0 Å². The highest BCUT2D eigenvalue weighted by Crippen LogP contribution is 2.25. The Kier molecular flexibility index (Phi) is 3.34. The average Bonchev–Trinajstić information content (AvgIpc) is 2.04. The first-order valence-electron chi connectivity index (χ1n) is 4.59. The Morgan fingerprint density at radius 2 is 2.09 bits per heavy atom. The molecule has 1 heterocycles. The van der Waals surface area contributed by atoms with Crippen molar-refractivity contribution < 1.29 is 9.84 Å². The van der Waals surface area contributed by atoms with Crippen LogP contribution in [-0.2, 0) is 4.74 Å². The zero-order chi connectivity index (χ0) is 8.27. The Morgan fingerprint density at radius 3 is 2.55 bits per heavy atom. The van der Waals surface area contributed by atoms with Crippen LogP contribution < -0.4 is 0 Å². The van der Waals surface area contributed by atoms with Gasteiger partial charge in [-0.3, -0.25) is 0 Å². The molecule has 0 unspecified atom stereocenters. The van der Waals surface area contributed by atoms with Crippen molar-refractivity contribution in [3.8, 4) is 0 Å². The molecule has 1 N–H and O–H groups in total. The van der Waals surface area contributed by atoms with Crippen molar-refractivity contribution in [3.63, 3.8) is 0 Å². The molecule has 1 fully saturated rings. The highest BCUT2D eigenvalue weighted by atomic mass is 16.5. The lowest BCUT2D eigenvalue weighted by Crippen LogP contribution is -2.38. The SMILES string of the molecule is CC[C@H]1[C@H](O)CCO[C@@H]1CC. The molecular weight excluding hydrogens is 140 g/mol. The normalized spacial score (nSPS) is 39.0. The third kappa shape index (κ3) is 1.94. The second-order valence-corrected chi connectivity index (χ2v) is 3.25. The molecule has 66 valence electrons. The maximum absolute atomic E-state index is 9.59. The van der Waals surface area contributed by atoms with Gasteiger partial charge < -0.3 is 9.84 Å². The van der Waals surface area contributed by atoms with Crippen molar-refractivity contribution in [3.05, 3.63) is 0 Å². The quantitative estimate of drug-likeness (QED) is 0.661. The van der Waals surface area contributed by atoms with Gasteiger partial charge in [-0.1, -0.05) is 13.8 Å². The fraction of sp³-hybridized carbons (Fsp3) is 1.00. The van der Waals surface area contributed by atoms with Crippen LogP contribution in [0.4, 0.5) is 0 Å². The van der Waals surface area contributed by atoms with Gasteiger partial charge in [-0.15, -0.1) is 0 Å². The smallest absolute Gasteiger partial charge is 0.0625 e. The molecule has 2 heteroatoms. The number of hydrogen-bond donors (Lipinski definition) is 1. The molecule has 3 atom stereocenters. The first-order chi connectivity index (χ1) is 5.29. The zero-order valence-electron chi connectivity index (χ0n) is 7.42. The Bertz CT molecular complexity index is 114. The number of ether oxygens (including phenoxy) is 1. The molecule has 11 heavy (non-hydrogen) atoms. The van der Waals surface area contributed by atoms with Crippen LogP contribution in [0.25, 0.3) is 0 Å². The third-order valence-corrected chi connectivity index (χ3v) is 2.59. The second kappa shape index (κ2) is 4.07. The summed E-state index contributed by atoms with van der Waals surface area (Å²) in [5.41, 5.74) is 0. The molecule has 0 bridgehead atoms. The van der Waals surface area contributed by atoms with Crippen molar-refractivity contribution in [2.75, 3.05) is 6.61 Å². The molecule has 0 radical (unpaired) electrons. The molecule has 0 amide bonds. The molecule has 0 saturated carbocycles. The molecule has 0 aromatic heterocycles. The molecule has 2 nitrogen and oxygen atoms in total. The van der Waals surface area contributed by atoms with Gasteiger partial charge in [0.2, 0.25) is 0 Å². The van der Waals surface area contributed by atoms with Crippen molar-refractivity contribution in [1.82, 2.24) is 0 Å². The number of hydrogen-bond acceptors (Lipinski definition) is 2. The molecule has 1 saturated heterocycles. The summed E-state index contributed by atoms with van der Waals surface area (Å²) in [6.45, 7) is 4.97. The summed E-state index contributed by atoms with van der Waals surface area (Å²) < 4.78 is 5.54. The van der Waals surface area contributed by atoms with E-state index in [0.717, 1.165) is 25.9 Å². The Hall–Kier alpha value is -0.0800. The Labute approximate surface area is 68.6 Å². The van der Waals surface area contributed by atoms with Crippen molar-refractivity contribution in [2.45, 2.75) is 45.3 Å². The zero-order valence-corrected chi connectivity index (χ0v) is 7.42. The van der Waals surface area contributed by atoms with Gasteiger partial charge in [-0.05, 0) is 19.3 Å². The predicted octanol–water partition coefficient (Wildman–Crippen LogP) is 1.57. The van der Waals surface area contributed by atoms with Gasteiger partial charge in [-0.2, -0.15) is 0 Å². The van der Waals surface area contributed by atoms with Crippen LogP contribution in [0.15, 0.2) is 0 Å². The van der Waals surface area contributed by atoms with Gasteiger partial charge >= 0.3 is 0 Å². The maximum Gasteiger partial charge on any atom is 0.0625 e. The van der Waals surface area contributed by atoms with Crippen LogP contribution in [0.1, 0.15) is 33.1 Å². The number of aliphatic hydroxyl groups excluding tert-OH is 1. The van der Waals surface area contributed by atoms with Gasteiger partial charge in [0.1, 0.15) is 0 Å². The molecule has 0 aromatic carbocycles. The lowest BCUT2D eigenvalue weighted by atomic mass is 9.88. The van der Waals surface area contributed by atoms with Gasteiger partial charge in [0.25, 0.3) is 0 Å². The van der Waals surface area contributed by atoms with E-state index >= 15 is 0 Å². The highest BCUT2D eigenvalue weighted by Gasteiger charge is 2.29. The summed E-state index contributed by atoms with van der Waals surface area (Å²) in [7, 11) is 0. The minimum atomic E-state index is -0.126. The average molecular weight is 158 g/mol. The van der Waals surface area contributed by atoms with Crippen LogP contribution >= 0.6 is 0 Å². The van der Waals surface area contributed by atoms with Crippen LogP contribution in [-0.4, -0.2) is 23.9 Å². The number of aliphatic hydroxyl groups is 1. The summed E-state index contributed by atoms with van der Waals surface area (Å²) in [5.74, 6) is 0.369. The van der Waals surface area contributed by atoms with Crippen molar-refractivity contribution >= 4 is 0 Å². The first kappa shape index (κ1) is 9.01. The Balaban J connectivity index is 2.48. The van der Waals surface area contributed by atoms with Gasteiger partial charge in [0, 0.05) is 12.5 Å². The van der Waals surface area contributed by atoms with E-state index in [1.54, 1.807) is 0 Å². The van der Waals surface area contributed by atoms with Crippen LogP contribution in [0, 0.1) is 5.92 Å². The summed E-state index contributed by atoms with van der Waals surface area (Å²) in [6.07, 6.45) is 3.03. The minimum Gasteiger partial charge on any atom is -0.393 e. The van der Waals surface area contributed by atoms with E-state index in [2.05, 4.69) is 13.8 Å². The third-order valence-electron chi connectivity index (χ3n) is 2.59. The molecule has 1 aliphatic rings. The topological polar surface area (TPSA) is 29.5 Å². The van der Waals surface area contributed by atoms with Crippen molar-refractivity contribution in [1.29, 1.82) is 0 Å². The lowest BCUT2D eigenvalue weighted by molar-refractivity contribution is -0.0936. The largest absolute Gasteiger partial charge is 0.393 e. The van der Waals surface area contributed by atoms with E-state index in [0.29, 0.717) is 12.0 Å². The molecule has 1 aliphatic heterocycles. The summed E-state index contributed by atoms with van der Waals surface area (Å²) in [4.78, 5) is 0. The van der Waals surface area contributed by atoms with E-state index in [-0.39, 0.29) is 6.10 Å². The van der Waals surface area contributed by atoms with E-state index in [1.807, 2.05) is 0 Å². The number of rotatable bonds is 2. The van der Waals surface area contributed by atoms with Crippen LogP contribution in [0.5, 0.6) is 0 Å². The summed E-state index contributed by atoms with van der Waals surface area (Å²) in [5, 5.41) is 9.59. The molecule has 1 rings (SSSR count). The van der Waals surface area contributed by atoms with E-state index in [9.17, 15) is 5.11 Å². The summed E-state index contributed by atoms with van der Waals surface area (Å²) in [6, 6.07) is 0. The van der Waals surface area contributed by atoms with Crippen LogP contribution in [0.3, 0.4) is 0 Å². The molecule has 0 spiro atoms. The monoisotopic (exact) mass is 158 g/mol. The molecule has 0 aliphatic carbocycles. The molecular formula is C9H18O2. The second-order valence-electron chi connectivity index (χ2n) is 3.25. The van der Waals surface area contributed by atoms with Crippen LogP contribution in [0.2, 0.25) is 0 Å². The summed E-state index contributed by atoms with van der Waals surface area (Å²) >= 11 is 0. The maximum atomic E-state index is 9.59. The predicted molar refractivity (Wildman–Crippen MR) is 44.4 cm³/mol. The first-order valence-corrected chi connectivity index (χ1v) is 4.59. The van der Waals surface area contributed by atoms with E-state index in [4.69, 9.17) is 4.74 Å². The fourth-order valence-electron chi connectivity index (χ4n) is 1.88. The molecule has 0 aromatic rings. The highest BCUT2D eigenvalue weighted by molar-refractivity contribution is 4.79.